The van der Waals surface area contributed by atoms with Crippen LogP contribution >= 0.6 is 0 Å². The van der Waals surface area contributed by atoms with Gasteiger partial charge in [0.2, 0.25) is 5.91 Å². The van der Waals surface area contributed by atoms with Crippen LogP contribution in [-0.2, 0) is 14.9 Å². The summed E-state index contributed by atoms with van der Waals surface area (Å²) in [5.74, 6) is -1.64. The van der Waals surface area contributed by atoms with Crippen molar-refractivity contribution in [2.24, 2.45) is 0 Å². The molecule has 1 aliphatic heterocycles. The number of hydrogen-bond donors (Lipinski definition) is 2. The first-order valence-corrected chi connectivity index (χ1v) is 8.41. The molecule has 0 saturated carbocycles. The lowest BCUT2D eigenvalue weighted by Crippen LogP contribution is -2.45. The molecule has 1 fully saturated rings. The predicted octanol–water partition coefficient (Wildman–Crippen LogP) is 3.52. The van der Waals surface area contributed by atoms with E-state index in [-0.39, 0.29) is 17.3 Å². The predicted molar refractivity (Wildman–Crippen MR) is 94.9 cm³/mol. The minimum atomic E-state index is -1.01. The van der Waals surface area contributed by atoms with Crippen molar-refractivity contribution in [3.63, 3.8) is 0 Å². The number of amides is 1. The van der Waals surface area contributed by atoms with Crippen molar-refractivity contribution in [2.45, 2.75) is 25.2 Å². The molecule has 2 aromatic rings. The molecule has 1 saturated heterocycles. The van der Waals surface area contributed by atoms with Gasteiger partial charge in [0.25, 0.3) is 0 Å². The maximum atomic E-state index is 13.7. The maximum absolute atomic E-state index is 13.7. The van der Waals surface area contributed by atoms with Crippen LogP contribution in [0.15, 0.2) is 42.5 Å². The van der Waals surface area contributed by atoms with E-state index < -0.39 is 11.4 Å². The number of hydrogen-bond acceptors (Lipinski definition) is 3. The number of carboxylic acid groups (broad SMARTS) is 1. The molecule has 0 radical (unpaired) electrons. The first-order chi connectivity index (χ1) is 12.4. The van der Waals surface area contributed by atoms with Crippen LogP contribution < -0.4 is 5.32 Å². The Morgan fingerprint density at radius 1 is 1.15 bits per heavy atom. The molecule has 0 unspecified atom stereocenters. The fraction of sp³-hybridized carbons (Fsp3) is 0.300. The number of aryl methyl sites for hydroxylation is 1. The smallest absolute Gasteiger partial charge is 0.335 e. The number of nitrogens with one attached hydrogen (secondary N) is 1. The fourth-order valence-electron chi connectivity index (χ4n) is 3.38. The van der Waals surface area contributed by atoms with Gasteiger partial charge in [-0.25, -0.2) is 9.18 Å². The van der Waals surface area contributed by atoms with E-state index in [0.717, 1.165) is 0 Å². The molecule has 136 valence electrons. The highest BCUT2D eigenvalue weighted by molar-refractivity contribution is 6.00. The molecule has 1 heterocycles. The topological polar surface area (TPSA) is 75.6 Å². The highest BCUT2D eigenvalue weighted by Crippen LogP contribution is 2.36. The third-order valence-corrected chi connectivity index (χ3v) is 4.87. The van der Waals surface area contributed by atoms with Crippen molar-refractivity contribution in [3.8, 4) is 0 Å². The Morgan fingerprint density at radius 3 is 2.50 bits per heavy atom. The molecular weight excluding hydrogens is 337 g/mol. The van der Waals surface area contributed by atoms with Crippen molar-refractivity contribution >= 4 is 17.6 Å². The monoisotopic (exact) mass is 357 g/mol. The number of ether oxygens (including phenoxy) is 1. The molecule has 5 nitrogen and oxygen atoms in total. The number of carboxylic acids is 1. The van der Waals surface area contributed by atoms with E-state index in [9.17, 15) is 14.0 Å². The molecular formula is C20H20FNO4. The van der Waals surface area contributed by atoms with E-state index >= 15 is 0 Å². The maximum Gasteiger partial charge on any atom is 0.335 e. The van der Waals surface area contributed by atoms with Gasteiger partial charge < -0.3 is 15.2 Å². The van der Waals surface area contributed by atoms with Gasteiger partial charge in [-0.15, -0.1) is 0 Å². The Hall–Kier alpha value is -2.73. The van der Waals surface area contributed by atoms with Gasteiger partial charge in [0.15, 0.2) is 0 Å². The van der Waals surface area contributed by atoms with Gasteiger partial charge in [-0.05, 0) is 61.2 Å². The molecule has 0 aliphatic carbocycles. The molecule has 2 aromatic carbocycles. The number of carbonyl (C=O) groups is 2. The minimum Gasteiger partial charge on any atom is -0.478 e. The van der Waals surface area contributed by atoms with Crippen LogP contribution in [0.2, 0.25) is 0 Å². The van der Waals surface area contributed by atoms with Crippen molar-refractivity contribution in [1.82, 2.24) is 0 Å². The van der Waals surface area contributed by atoms with Crippen LogP contribution in [0.5, 0.6) is 0 Å². The van der Waals surface area contributed by atoms with Crippen LogP contribution in [-0.4, -0.2) is 30.2 Å². The van der Waals surface area contributed by atoms with E-state index in [1.165, 1.54) is 18.2 Å². The lowest BCUT2D eigenvalue weighted by atomic mass is 9.73. The van der Waals surface area contributed by atoms with Gasteiger partial charge in [0.1, 0.15) is 5.82 Å². The summed E-state index contributed by atoms with van der Waals surface area (Å²) in [5, 5.41) is 12.0. The van der Waals surface area contributed by atoms with E-state index in [2.05, 4.69) is 5.32 Å². The fourth-order valence-corrected chi connectivity index (χ4v) is 3.38. The first kappa shape index (κ1) is 18.1. The molecule has 2 N–H and O–H groups in total. The second-order valence-corrected chi connectivity index (χ2v) is 6.49. The second kappa shape index (κ2) is 7.25. The van der Waals surface area contributed by atoms with Gasteiger partial charge in [0, 0.05) is 18.9 Å². The van der Waals surface area contributed by atoms with Crippen LogP contribution in [0.25, 0.3) is 0 Å². The van der Waals surface area contributed by atoms with Crippen LogP contribution in [0, 0.1) is 12.7 Å². The van der Waals surface area contributed by atoms with Gasteiger partial charge in [0.05, 0.1) is 11.0 Å². The molecule has 0 atom stereocenters. The van der Waals surface area contributed by atoms with Gasteiger partial charge in [-0.1, -0.05) is 12.1 Å². The van der Waals surface area contributed by atoms with Gasteiger partial charge in [-0.3, -0.25) is 4.79 Å². The molecule has 1 aliphatic rings. The highest BCUT2D eigenvalue weighted by Gasteiger charge is 2.42. The number of carbonyl (C=O) groups excluding carboxylic acids is 1. The Labute approximate surface area is 150 Å². The second-order valence-electron chi connectivity index (χ2n) is 6.49. The van der Waals surface area contributed by atoms with E-state index in [0.29, 0.717) is 42.9 Å². The van der Waals surface area contributed by atoms with Crippen molar-refractivity contribution in [3.05, 3.63) is 65.0 Å². The summed E-state index contributed by atoms with van der Waals surface area (Å²) in [7, 11) is 0. The van der Waals surface area contributed by atoms with Crippen LogP contribution in [0.3, 0.4) is 0 Å². The number of rotatable bonds is 4. The SMILES string of the molecule is Cc1cc(NC(=O)C2(c3cccc(F)c3)CCOCC2)ccc1C(=O)O. The summed E-state index contributed by atoms with van der Waals surface area (Å²) in [6.07, 6.45) is 0.906. The molecule has 6 heteroatoms. The number of halogens is 1. The third kappa shape index (κ3) is 3.46. The first-order valence-electron chi connectivity index (χ1n) is 8.41. The van der Waals surface area contributed by atoms with Crippen molar-refractivity contribution in [2.75, 3.05) is 18.5 Å². The average molecular weight is 357 g/mol. The quantitative estimate of drug-likeness (QED) is 0.878. The molecule has 0 spiro atoms. The summed E-state index contributed by atoms with van der Waals surface area (Å²) in [6, 6.07) is 10.7. The number of benzene rings is 2. The minimum absolute atomic E-state index is 0.189. The van der Waals surface area contributed by atoms with E-state index in [1.54, 1.807) is 31.2 Å². The molecule has 1 amide bonds. The summed E-state index contributed by atoms with van der Waals surface area (Å²) in [4.78, 5) is 24.3. The largest absolute Gasteiger partial charge is 0.478 e. The Morgan fingerprint density at radius 2 is 1.88 bits per heavy atom. The van der Waals surface area contributed by atoms with Crippen molar-refractivity contribution in [1.29, 1.82) is 0 Å². The Balaban J connectivity index is 1.92. The van der Waals surface area contributed by atoms with E-state index in [4.69, 9.17) is 9.84 Å². The lowest BCUT2D eigenvalue weighted by molar-refractivity contribution is -0.125. The molecule has 26 heavy (non-hydrogen) atoms. The van der Waals surface area contributed by atoms with Gasteiger partial charge >= 0.3 is 5.97 Å². The summed E-state index contributed by atoms with van der Waals surface area (Å²) < 4.78 is 19.1. The summed E-state index contributed by atoms with van der Waals surface area (Å²) in [6.45, 7) is 2.51. The zero-order chi connectivity index (χ0) is 18.7. The van der Waals surface area contributed by atoms with Crippen LogP contribution in [0.4, 0.5) is 10.1 Å². The summed E-state index contributed by atoms with van der Waals surface area (Å²) in [5.41, 5.74) is 1.01. The van der Waals surface area contributed by atoms with E-state index in [1.807, 2.05) is 0 Å². The van der Waals surface area contributed by atoms with Gasteiger partial charge in [-0.2, -0.15) is 0 Å². The standard InChI is InChI=1S/C20H20FNO4/c1-13-11-16(5-6-17(13)18(23)24)22-19(25)20(7-9-26-10-8-20)14-3-2-4-15(21)12-14/h2-6,11-12H,7-10H2,1H3,(H,22,25)(H,23,24). The molecule has 0 bridgehead atoms. The zero-order valence-electron chi connectivity index (χ0n) is 14.4. The third-order valence-electron chi connectivity index (χ3n) is 4.87. The number of anilines is 1. The Bertz CT molecular complexity index is 843. The molecule has 0 aromatic heterocycles. The molecule has 3 rings (SSSR count). The van der Waals surface area contributed by atoms with Crippen molar-refractivity contribution < 1.29 is 23.8 Å². The average Bonchev–Trinajstić information content (AvgIpc) is 2.62. The Kier molecular flexibility index (Phi) is 5.04. The lowest BCUT2D eigenvalue weighted by Gasteiger charge is -2.36. The summed E-state index contributed by atoms with van der Waals surface area (Å²) >= 11 is 0. The van der Waals surface area contributed by atoms with Crippen LogP contribution in [0.1, 0.15) is 34.3 Å². The normalized spacial score (nSPS) is 16.1. The number of aromatic carboxylic acids is 1. The highest BCUT2D eigenvalue weighted by atomic mass is 19.1. The zero-order valence-corrected chi connectivity index (χ0v) is 14.4.